The number of carboxylic acids is 1. The Kier molecular flexibility index (Phi) is 14.5. The maximum Gasteiger partial charge on any atom is 0.303 e. The van der Waals surface area contributed by atoms with Gasteiger partial charge in [-0.15, -0.1) is 0 Å². The van der Waals surface area contributed by atoms with E-state index in [0.717, 1.165) is 32.2 Å². The number of rotatable bonds is 6. The highest BCUT2D eigenvalue weighted by atomic mass is 16.5. The van der Waals surface area contributed by atoms with Crippen LogP contribution >= 0.6 is 0 Å². The first kappa shape index (κ1) is 21.7. The van der Waals surface area contributed by atoms with Crippen molar-refractivity contribution in [1.82, 2.24) is 5.32 Å². The summed E-state index contributed by atoms with van der Waals surface area (Å²) in [5, 5.41) is 11.9. The first-order valence-corrected chi connectivity index (χ1v) is 8.12. The number of hydrogen-bond acceptors (Lipinski definition) is 3. The molecule has 1 aliphatic rings. The average molecular weight is 289 g/mol. The van der Waals surface area contributed by atoms with Crippen molar-refractivity contribution >= 4 is 5.97 Å². The number of carboxylic acid groups (broad SMARTS) is 1. The van der Waals surface area contributed by atoms with Crippen LogP contribution < -0.4 is 5.32 Å². The van der Waals surface area contributed by atoms with Gasteiger partial charge in [-0.2, -0.15) is 0 Å². The summed E-state index contributed by atoms with van der Waals surface area (Å²) < 4.78 is 5.93. The largest absolute Gasteiger partial charge is 0.481 e. The molecule has 0 aliphatic carbocycles. The Bertz CT molecular complexity index is 224. The summed E-state index contributed by atoms with van der Waals surface area (Å²) in [6, 6.07) is 0. The van der Waals surface area contributed by atoms with Crippen LogP contribution in [0.15, 0.2) is 0 Å². The summed E-state index contributed by atoms with van der Waals surface area (Å²) in [5.74, 6) is -0.514. The van der Waals surface area contributed by atoms with Crippen LogP contribution in [0.4, 0.5) is 0 Å². The second-order valence-electron chi connectivity index (χ2n) is 4.70. The van der Waals surface area contributed by atoms with Crippen molar-refractivity contribution in [2.45, 2.75) is 72.3 Å². The maximum atomic E-state index is 10.6. The van der Waals surface area contributed by atoms with E-state index in [4.69, 9.17) is 9.84 Å². The average Bonchev–Trinajstić information content (AvgIpc) is 2.50. The van der Waals surface area contributed by atoms with Crippen molar-refractivity contribution in [2.75, 3.05) is 20.2 Å². The molecule has 0 aromatic carbocycles. The van der Waals surface area contributed by atoms with Gasteiger partial charge in [0.25, 0.3) is 0 Å². The summed E-state index contributed by atoms with van der Waals surface area (Å²) in [4.78, 5) is 10.6. The fraction of sp³-hybridized carbons (Fsp3) is 0.938. The quantitative estimate of drug-likeness (QED) is 0.783. The Morgan fingerprint density at radius 1 is 1.35 bits per heavy atom. The van der Waals surface area contributed by atoms with E-state index in [9.17, 15) is 4.79 Å². The molecule has 0 saturated carbocycles. The summed E-state index contributed by atoms with van der Waals surface area (Å²) in [7, 11) is 1.94. The zero-order chi connectivity index (χ0) is 16.0. The molecule has 0 aromatic heterocycles. The van der Waals surface area contributed by atoms with E-state index in [2.05, 4.69) is 12.2 Å². The molecular weight excluding hydrogens is 254 g/mol. The highest BCUT2D eigenvalue weighted by Crippen LogP contribution is 2.34. The van der Waals surface area contributed by atoms with E-state index in [1.54, 1.807) is 0 Å². The molecule has 0 amide bonds. The zero-order valence-corrected chi connectivity index (χ0v) is 14.3. The zero-order valence-electron chi connectivity index (χ0n) is 14.3. The normalized spacial score (nSPS) is 24.8. The molecule has 2 N–H and O–H groups in total. The Balaban J connectivity index is 0. The summed E-state index contributed by atoms with van der Waals surface area (Å²) >= 11 is 0. The Hall–Kier alpha value is -0.610. The summed E-state index contributed by atoms with van der Waals surface area (Å²) in [6.07, 6.45) is 4.23. The molecule has 4 heteroatoms. The number of ether oxygens (including phenoxy) is 1. The first-order chi connectivity index (χ1) is 9.62. The van der Waals surface area contributed by atoms with E-state index in [1.807, 2.05) is 34.7 Å². The summed E-state index contributed by atoms with van der Waals surface area (Å²) in [5.41, 5.74) is -0.0159. The van der Waals surface area contributed by atoms with Gasteiger partial charge in [0.15, 0.2) is 0 Å². The SMILES string of the molecule is CC.CC.CCC1(CCNC)CCC(CC(=O)O)CO1. The molecule has 1 fully saturated rings. The molecule has 0 bridgehead atoms. The van der Waals surface area contributed by atoms with Crippen LogP contribution in [0.2, 0.25) is 0 Å². The standard InChI is InChI=1S/C12H23NO3.2C2H6/c1-3-12(6-7-13-2)5-4-10(9-16-12)8-11(14)15;2*1-2/h10,13H,3-9H2,1-2H3,(H,14,15);2*1-2H3. The van der Waals surface area contributed by atoms with E-state index in [-0.39, 0.29) is 17.9 Å². The van der Waals surface area contributed by atoms with E-state index in [1.165, 1.54) is 0 Å². The lowest BCUT2D eigenvalue weighted by molar-refractivity contribution is -0.144. The van der Waals surface area contributed by atoms with Crippen molar-refractivity contribution in [2.24, 2.45) is 5.92 Å². The minimum Gasteiger partial charge on any atom is -0.481 e. The molecule has 2 unspecified atom stereocenters. The van der Waals surface area contributed by atoms with Crippen LogP contribution in [0.1, 0.15) is 66.7 Å². The first-order valence-electron chi connectivity index (χ1n) is 8.12. The molecule has 2 atom stereocenters. The van der Waals surface area contributed by atoms with E-state index in [0.29, 0.717) is 6.61 Å². The number of carbonyl (C=O) groups is 1. The van der Waals surface area contributed by atoms with Crippen LogP contribution in [0.25, 0.3) is 0 Å². The smallest absolute Gasteiger partial charge is 0.303 e. The van der Waals surface area contributed by atoms with Gasteiger partial charge in [-0.25, -0.2) is 0 Å². The molecule has 1 rings (SSSR count). The number of aliphatic carboxylic acids is 1. The fourth-order valence-corrected chi connectivity index (χ4v) is 2.33. The molecule has 4 nitrogen and oxygen atoms in total. The van der Waals surface area contributed by atoms with Crippen molar-refractivity contribution in [3.8, 4) is 0 Å². The van der Waals surface area contributed by atoms with Crippen molar-refractivity contribution in [3.05, 3.63) is 0 Å². The topological polar surface area (TPSA) is 58.6 Å². The second-order valence-corrected chi connectivity index (χ2v) is 4.70. The predicted molar refractivity (Wildman–Crippen MR) is 85.2 cm³/mol. The monoisotopic (exact) mass is 289 g/mol. The minimum atomic E-state index is -0.715. The van der Waals surface area contributed by atoms with Crippen LogP contribution in [0.5, 0.6) is 0 Å². The van der Waals surface area contributed by atoms with Gasteiger partial charge < -0.3 is 15.2 Å². The molecular formula is C16H35NO3. The molecule has 0 aromatic rings. The number of hydrogen-bond donors (Lipinski definition) is 2. The van der Waals surface area contributed by atoms with Gasteiger partial charge in [0, 0.05) is 0 Å². The minimum absolute atomic E-state index is 0.0159. The number of nitrogens with one attached hydrogen (secondary N) is 1. The van der Waals surface area contributed by atoms with E-state index < -0.39 is 5.97 Å². The highest BCUT2D eigenvalue weighted by molar-refractivity contribution is 5.67. The molecule has 0 radical (unpaired) electrons. The fourth-order valence-electron chi connectivity index (χ4n) is 2.33. The van der Waals surface area contributed by atoms with Gasteiger partial charge in [0.1, 0.15) is 0 Å². The highest BCUT2D eigenvalue weighted by Gasteiger charge is 2.34. The van der Waals surface area contributed by atoms with E-state index >= 15 is 0 Å². The second kappa shape index (κ2) is 13.4. The lowest BCUT2D eigenvalue weighted by atomic mass is 9.83. The predicted octanol–water partition coefficient (Wildman–Crippen LogP) is 3.70. The molecule has 1 aliphatic heterocycles. The third-order valence-corrected chi connectivity index (χ3v) is 3.57. The molecule has 1 heterocycles. The Morgan fingerprint density at radius 3 is 2.30 bits per heavy atom. The van der Waals surface area contributed by atoms with Crippen LogP contribution in [0, 0.1) is 5.92 Å². The lowest BCUT2D eigenvalue weighted by Crippen LogP contribution is -2.41. The third-order valence-electron chi connectivity index (χ3n) is 3.57. The molecule has 0 spiro atoms. The Morgan fingerprint density at radius 2 is 1.95 bits per heavy atom. The summed E-state index contributed by atoms with van der Waals surface area (Å²) in [6.45, 7) is 11.7. The molecule has 1 saturated heterocycles. The van der Waals surface area contributed by atoms with Crippen molar-refractivity contribution < 1.29 is 14.6 Å². The van der Waals surface area contributed by atoms with Crippen molar-refractivity contribution in [1.29, 1.82) is 0 Å². The molecule has 20 heavy (non-hydrogen) atoms. The van der Waals surface area contributed by atoms with Gasteiger partial charge >= 0.3 is 5.97 Å². The lowest BCUT2D eigenvalue weighted by Gasteiger charge is -2.39. The van der Waals surface area contributed by atoms with Gasteiger partial charge in [-0.05, 0) is 45.2 Å². The van der Waals surface area contributed by atoms with Crippen molar-refractivity contribution in [3.63, 3.8) is 0 Å². The molecule has 122 valence electrons. The maximum absolute atomic E-state index is 10.6. The van der Waals surface area contributed by atoms with Gasteiger partial charge in [-0.1, -0.05) is 34.6 Å². The van der Waals surface area contributed by atoms with Gasteiger partial charge in [0.2, 0.25) is 0 Å². The Labute approximate surface area is 125 Å². The van der Waals surface area contributed by atoms with Gasteiger partial charge in [0.05, 0.1) is 18.6 Å². The van der Waals surface area contributed by atoms with Crippen LogP contribution in [-0.4, -0.2) is 36.9 Å². The third kappa shape index (κ3) is 8.54. The van der Waals surface area contributed by atoms with Gasteiger partial charge in [-0.3, -0.25) is 4.79 Å². The van der Waals surface area contributed by atoms with Crippen LogP contribution in [0.3, 0.4) is 0 Å². The van der Waals surface area contributed by atoms with Crippen LogP contribution in [-0.2, 0) is 9.53 Å².